The molecule has 5 nitrogen and oxygen atoms in total. The first-order chi connectivity index (χ1) is 12.8. The Bertz CT molecular complexity index is 1250. The van der Waals surface area contributed by atoms with E-state index in [1.807, 2.05) is 6.07 Å². The molecule has 0 aliphatic carbocycles. The Balaban J connectivity index is 2.06. The first-order valence-electron chi connectivity index (χ1n) is 8.26. The Morgan fingerprint density at radius 1 is 0.731 bits per heavy atom. The second kappa shape index (κ2) is 5.52. The number of benzene rings is 4. The maximum atomic E-state index is 5.69. The van der Waals surface area contributed by atoms with Crippen LogP contribution < -0.4 is 9.47 Å². The Morgan fingerprint density at radius 3 is 2.27 bits per heavy atom. The Labute approximate surface area is 149 Å². The van der Waals surface area contributed by atoms with E-state index in [0.717, 1.165) is 32.9 Å². The smallest absolute Gasteiger partial charge is 0.167 e. The Morgan fingerprint density at radius 2 is 1.50 bits per heavy atom. The van der Waals surface area contributed by atoms with Gasteiger partial charge in [-0.15, -0.1) is 0 Å². The molecule has 0 saturated carbocycles. The fourth-order valence-corrected chi connectivity index (χ4v) is 3.77. The second-order valence-corrected chi connectivity index (χ2v) is 6.11. The van der Waals surface area contributed by atoms with Crippen molar-refractivity contribution in [1.29, 1.82) is 0 Å². The van der Waals surface area contributed by atoms with E-state index in [9.17, 15) is 0 Å². The van der Waals surface area contributed by atoms with Crippen molar-refractivity contribution in [2.45, 2.75) is 0 Å². The van der Waals surface area contributed by atoms with E-state index in [1.54, 1.807) is 14.2 Å². The van der Waals surface area contributed by atoms with Gasteiger partial charge in [-0.25, -0.2) is 15.0 Å². The molecule has 0 saturated heterocycles. The van der Waals surface area contributed by atoms with Crippen LogP contribution in [0, 0.1) is 0 Å². The van der Waals surface area contributed by atoms with Gasteiger partial charge in [-0.05, 0) is 33.7 Å². The number of hydrogen-bond acceptors (Lipinski definition) is 5. The maximum absolute atomic E-state index is 5.69. The molecule has 0 N–H and O–H groups in total. The molecule has 126 valence electrons. The number of methoxy groups -OCH3 is 2. The summed E-state index contributed by atoms with van der Waals surface area (Å²) < 4.78 is 11.4. The highest BCUT2D eigenvalue weighted by molar-refractivity contribution is 6.27. The summed E-state index contributed by atoms with van der Waals surface area (Å²) in [4.78, 5) is 12.6. The molecule has 0 amide bonds. The summed E-state index contributed by atoms with van der Waals surface area (Å²) in [6.45, 7) is 0. The summed E-state index contributed by atoms with van der Waals surface area (Å²) >= 11 is 0. The largest absolute Gasteiger partial charge is 0.496 e. The van der Waals surface area contributed by atoms with E-state index in [1.165, 1.54) is 23.4 Å². The molecule has 0 spiro atoms. The van der Waals surface area contributed by atoms with Crippen LogP contribution in [0.4, 0.5) is 0 Å². The van der Waals surface area contributed by atoms with E-state index in [-0.39, 0.29) is 0 Å². The lowest BCUT2D eigenvalue weighted by molar-refractivity contribution is 0.413. The van der Waals surface area contributed by atoms with Crippen LogP contribution in [0.3, 0.4) is 0 Å². The molecule has 5 aromatic rings. The van der Waals surface area contributed by atoms with Gasteiger partial charge < -0.3 is 9.47 Å². The number of aromatic nitrogens is 3. The second-order valence-electron chi connectivity index (χ2n) is 6.11. The predicted molar refractivity (Wildman–Crippen MR) is 102 cm³/mol. The van der Waals surface area contributed by atoms with Crippen molar-refractivity contribution in [2.24, 2.45) is 0 Å². The van der Waals surface area contributed by atoms with E-state index >= 15 is 0 Å². The minimum absolute atomic E-state index is 0.591. The monoisotopic (exact) mass is 341 g/mol. The van der Waals surface area contributed by atoms with Crippen LogP contribution >= 0.6 is 0 Å². The molecule has 0 radical (unpaired) electrons. The van der Waals surface area contributed by atoms with Crippen molar-refractivity contribution in [1.82, 2.24) is 15.0 Å². The van der Waals surface area contributed by atoms with Gasteiger partial charge >= 0.3 is 0 Å². The minimum Gasteiger partial charge on any atom is -0.496 e. The lowest BCUT2D eigenvalue weighted by Gasteiger charge is -2.18. The van der Waals surface area contributed by atoms with Crippen LogP contribution in [-0.4, -0.2) is 29.2 Å². The van der Waals surface area contributed by atoms with Gasteiger partial charge in [-0.2, -0.15) is 0 Å². The van der Waals surface area contributed by atoms with Crippen molar-refractivity contribution in [3.05, 3.63) is 55.1 Å². The van der Waals surface area contributed by atoms with Crippen LogP contribution in [0.15, 0.2) is 55.1 Å². The third kappa shape index (κ3) is 1.94. The highest BCUT2D eigenvalue weighted by atomic mass is 16.5. The van der Waals surface area contributed by atoms with Gasteiger partial charge in [0, 0.05) is 10.8 Å². The summed E-state index contributed by atoms with van der Waals surface area (Å²) in [7, 11) is 3.35. The zero-order valence-corrected chi connectivity index (χ0v) is 14.4. The van der Waals surface area contributed by atoms with Crippen molar-refractivity contribution in [2.75, 3.05) is 14.2 Å². The fourth-order valence-electron chi connectivity index (χ4n) is 3.77. The molecule has 1 heterocycles. The number of rotatable bonds is 3. The molecule has 0 aliphatic rings. The van der Waals surface area contributed by atoms with Crippen LogP contribution in [0.5, 0.6) is 11.5 Å². The summed E-state index contributed by atoms with van der Waals surface area (Å²) in [5, 5.41) is 6.72. The van der Waals surface area contributed by atoms with Crippen LogP contribution in [0.2, 0.25) is 0 Å². The SMILES string of the molecule is COc1cc2c(OC)cc3cccc4ccc(c1-c1ncncn1)c2c43. The van der Waals surface area contributed by atoms with Gasteiger partial charge in [0.05, 0.1) is 19.8 Å². The van der Waals surface area contributed by atoms with Crippen LogP contribution in [-0.2, 0) is 0 Å². The van der Waals surface area contributed by atoms with Crippen molar-refractivity contribution in [3.8, 4) is 22.9 Å². The lowest BCUT2D eigenvalue weighted by Crippen LogP contribution is -1.97. The molecule has 1 aromatic heterocycles. The first-order valence-corrected chi connectivity index (χ1v) is 8.26. The van der Waals surface area contributed by atoms with E-state index in [2.05, 4.69) is 51.4 Å². The van der Waals surface area contributed by atoms with Gasteiger partial charge in [0.1, 0.15) is 24.2 Å². The van der Waals surface area contributed by atoms with Crippen LogP contribution in [0.1, 0.15) is 0 Å². The third-order valence-electron chi connectivity index (χ3n) is 4.85. The third-order valence-corrected chi connectivity index (χ3v) is 4.85. The van der Waals surface area contributed by atoms with Crippen molar-refractivity contribution in [3.63, 3.8) is 0 Å². The standard InChI is InChI=1S/C21H15N3O2/c1-25-16-8-13-5-3-4-12-6-7-14-19(18(12)13)15(16)9-17(26-2)20(14)21-23-10-22-11-24-21/h3-11H,1-2H3. The summed E-state index contributed by atoms with van der Waals surface area (Å²) in [5.41, 5.74) is 0.864. The normalized spacial score (nSPS) is 11.5. The van der Waals surface area contributed by atoms with Gasteiger partial charge in [0.15, 0.2) is 5.82 Å². The molecule has 0 unspecified atom stereocenters. The number of ether oxygens (including phenoxy) is 2. The molecular weight excluding hydrogens is 326 g/mol. The quantitative estimate of drug-likeness (QED) is 0.454. The van der Waals surface area contributed by atoms with Crippen molar-refractivity contribution >= 4 is 32.3 Å². The molecule has 4 aromatic carbocycles. The average molecular weight is 341 g/mol. The predicted octanol–water partition coefficient (Wildman–Crippen LogP) is 4.45. The number of hydrogen-bond donors (Lipinski definition) is 0. The van der Waals surface area contributed by atoms with E-state index in [0.29, 0.717) is 11.6 Å². The van der Waals surface area contributed by atoms with Gasteiger partial charge in [-0.3, -0.25) is 0 Å². The first kappa shape index (κ1) is 14.8. The molecular formula is C21H15N3O2. The molecule has 0 fully saturated rings. The van der Waals surface area contributed by atoms with Gasteiger partial charge in [-0.1, -0.05) is 30.3 Å². The molecule has 5 rings (SSSR count). The van der Waals surface area contributed by atoms with E-state index in [4.69, 9.17) is 9.47 Å². The summed E-state index contributed by atoms with van der Waals surface area (Å²) in [5.74, 6) is 2.12. The molecule has 0 atom stereocenters. The molecule has 5 heteroatoms. The Hall–Kier alpha value is -3.47. The van der Waals surface area contributed by atoms with Crippen LogP contribution in [0.25, 0.3) is 43.7 Å². The highest BCUT2D eigenvalue weighted by Gasteiger charge is 2.20. The maximum Gasteiger partial charge on any atom is 0.167 e. The van der Waals surface area contributed by atoms with E-state index < -0.39 is 0 Å². The lowest BCUT2D eigenvalue weighted by atomic mass is 9.90. The molecule has 0 aliphatic heterocycles. The summed E-state index contributed by atoms with van der Waals surface area (Å²) in [6, 6.07) is 14.6. The zero-order valence-electron chi connectivity index (χ0n) is 14.4. The molecule has 26 heavy (non-hydrogen) atoms. The number of nitrogens with zero attached hydrogens (tertiary/aromatic N) is 3. The molecule has 0 bridgehead atoms. The highest BCUT2D eigenvalue weighted by Crippen LogP contribution is 2.46. The Kier molecular flexibility index (Phi) is 3.15. The minimum atomic E-state index is 0.591. The topological polar surface area (TPSA) is 57.1 Å². The van der Waals surface area contributed by atoms with Gasteiger partial charge in [0.2, 0.25) is 0 Å². The summed E-state index contributed by atoms with van der Waals surface area (Å²) in [6.07, 6.45) is 3.00. The fraction of sp³-hybridized carbons (Fsp3) is 0.0952. The van der Waals surface area contributed by atoms with Gasteiger partial charge in [0.25, 0.3) is 0 Å². The average Bonchev–Trinajstić information content (AvgIpc) is 2.71. The zero-order chi connectivity index (χ0) is 17.7. The van der Waals surface area contributed by atoms with Crippen molar-refractivity contribution < 1.29 is 9.47 Å².